The van der Waals surface area contributed by atoms with Gasteiger partial charge in [0.1, 0.15) is 0 Å². The summed E-state index contributed by atoms with van der Waals surface area (Å²) < 4.78 is 5.37. The number of hydrogen-bond donors (Lipinski definition) is 1. The van der Waals surface area contributed by atoms with Crippen molar-refractivity contribution in [2.75, 3.05) is 46.4 Å². The summed E-state index contributed by atoms with van der Waals surface area (Å²) in [6, 6.07) is 7.63. The summed E-state index contributed by atoms with van der Waals surface area (Å²) >= 11 is 14.1. The van der Waals surface area contributed by atoms with Crippen LogP contribution in [0.25, 0.3) is 0 Å². The second-order valence-corrected chi connectivity index (χ2v) is 9.94. The van der Waals surface area contributed by atoms with E-state index in [1.165, 1.54) is 16.2 Å². The highest BCUT2D eigenvalue weighted by Gasteiger charge is 2.38. The molecule has 1 aromatic carbocycles. The lowest BCUT2D eigenvalue weighted by molar-refractivity contribution is -0.139. The monoisotopic (exact) mass is 536 g/mol. The Morgan fingerprint density at radius 3 is 2.54 bits per heavy atom. The number of nitrogens with one attached hydrogen (secondary N) is 1. The van der Waals surface area contributed by atoms with Crippen LogP contribution in [-0.2, 0) is 9.53 Å². The van der Waals surface area contributed by atoms with E-state index < -0.39 is 12.0 Å². The summed E-state index contributed by atoms with van der Waals surface area (Å²) in [6.45, 7) is 4.58. The highest BCUT2D eigenvalue weighted by atomic mass is 35.5. The van der Waals surface area contributed by atoms with Gasteiger partial charge in [0, 0.05) is 45.5 Å². The van der Waals surface area contributed by atoms with Crippen molar-refractivity contribution in [2.24, 2.45) is 0 Å². The summed E-state index contributed by atoms with van der Waals surface area (Å²) in [5.74, 6) is -0.502. The number of nitrogens with zero attached hydrogens (tertiary/aromatic N) is 3. The molecule has 0 saturated carbocycles. The average molecular weight is 537 g/mol. The van der Waals surface area contributed by atoms with Crippen LogP contribution in [0.2, 0.25) is 10.0 Å². The molecule has 0 spiro atoms. The summed E-state index contributed by atoms with van der Waals surface area (Å²) in [4.78, 5) is 44.9. The zero-order valence-corrected chi connectivity index (χ0v) is 21.8. The predicted molar refractivity (Wildman–Crippen MR) is 136 cm³/mol. The van der Waals surface area contributed by atoms with Crippen molar-refractivity contribution in [3.8, 4) is 0 Å². The number of benzene rings is 1. The van der Waals surface area contributed by atoms with E-state index in [9.17, 15) is 14.4 Å². The average Bonchev–Trinajstić information content (AvgIpc) is 3.39. The van der Waals surface area contributed by atoms with Gasteiger partial charge in [0.2, 0.25) is 0 Å². The van der Waals surface area contributed by atoms with E-state index in [2.05, 4.69) is 10.2 Å². The third-order valence-corrected chi connectivity index (χ3v) is 7.82. The molecule has 35 heavy (non-hydrogen) atoms. The van der Waals surface area contributed by atoms with Gasteiger partial charge in [-0.3, -0.25) is 14.6 Å². The van der Waals surface area contributed by atoms with Gasteiger partial charge in [-0.15, -0.1) is 11.3 Å². The molecule has 1 N–H and O–H groups in total. The lowest BCUT2D eigenvalue weighted by Gasteiger charge is -2.39. The SMILES string of the molecule is CCOC(=O)C1=C(CN2CCN(C(=O)c3cccs3)CC2)N(C)C(=O)NC1c1cccc(Cl)c1Cl. The van der Waals surface area contributed by atoms with Gasteiger partial charge in [0.15, 0.2) is 0 Å². The van der Waals surface area contributed by atoms with Crippen molar-refractivity contribution >= 4 is 52.4 Å². The van der Waals surface area contributed by atoms with E-state index in [4.69, 9.17) is 27.9 Å². The molecule has 3 heterocycles. The van der Waals surface area contributed by atoms with Gasteiger partial charge in [-0.05, 0) is 30.0 Å². The number of piperazine rings is 1. The standard InChI is InChI=1S/C24H26Cl2N4O4S/c1-3-34-23(32)19-17(14-29-9-11-30(12-10-29)22(31)18-8-5-13-35-18)28(2)24(33)27-21(19)15-6-4-7-16(25)20(15)26/h4-8,13,21H,3,9-12,14H2,1-2H3,(H,27,33). The van der Waals surface area contributed by atoms with Gasteiger partial charge in [0.05, 0.1) is 33.1 Å². The summed E-state index contributed by atoms with van der Waals surface area (Å²) in [5, 5.41) is 5.34. The number of ether oxygens (including phenoxy) is 1. The van der Waals surface area contributed by atoms with Crippen molar-refractivity contribution in [3.05, 3.63) is 67.5 Å². The van der Waals surface area contributed by atoms with Crippen LogP contribution in [0.15, 0.2) is 47.0 Å². The number of rotatable bonds is 6. The number of thiophene rings is 1. The zero-order chi connectivity index (χ0) is 25.1. The molecular formula is C24H26Cl2N4O4S. The van der Waals surface area contributed by atoms with Gasteiger partial charge < -0.3 is 15.0 Å². The topological polar surface area (TPSA) is 82.2 Å². The Morgan fingerprint density at radius 2 is 1.89 bits per heavy atom. The van der Waals surface area contributed by atoms with Crippen molar-refractivity contribution in [1.82, 2.24) is 20.0 Å². The van der Waals surface area contributed by atoms with Crippen LogP contribution < -0.4 is 5.32 Å². The molecule has 1 aromatic heterocycles. The normalized spacial score (nSPS) is 19.1. The number of likely N-dealkylation sites (N-methyl/N-ethyl adjacent to an activating group) is 1. The molecule has 11 heteroatoms. The van der Waals surface area contributed by atoms with E-state index in [0.29, 0.717) is 54.6 Å². The Bertz CT molecular complexity index is 1150. The van der Waals surface area contributed by atoms with Gasteiger partial charge >= 0.3 is 12.0 Å². The van der Waals surface area contributed by atoms with Crippen LogP contribution in [0.5, 0.6) is 0 Å². The molecule has 2 aromatic rings. The number of hydrogen-bond acceptors (Lipinski definition) is 6. The summed E-state index contributed by atoms with van der Waals surface area (Å²) in [5.41, 5.74) is 1.37. The molecule has 1 unspecified atom stereocenters. The molecule has 1 atom stereocenters. The lowest BCUT2D eigenvalue weighted by atomic mass is 9.94. The van der Waals surface area contributed by atoms with E-state index in [1.54, 1.807) is 32.2 Å². The van der Waals surface area contributed by atoms with Crippen molar-refractivity contribution in [1.29, 1.82) is 0 Å². The highest BCUT2D eigenvalue weighted by molar-refractivity contribution is 7.12. The van der Waals surface area contributed by atoms with E-state index >= 15 is 0 Å². The number of halogens is 2. The van der Waals surface area contributed by atoms with Gasteiger partial charge in [0.25, 0.3) is 5.91 Å². The third kappa shape index (κ3) is 5.33. The van der Waals surface area contributed by atoms with E-state index in [0.717, 1.165) is 4.88 Å². The predicted octanol–water partition coefficient (Wildman–Crippen LogP) is 4.03. The maximum absolute atomic E-state index is 13.2. The molecule has 1 saturated heterocycles. The van der Waals surface area contributed by atoms with E-state index in [-0.39, 0.29) is 23.6 Å². The van der Waals surface area contributed by atoms with Gasteiger partial charge in [-0.2, -0.15) is 0 Å². The first-order valence-electron chi connectivity index (χ1n) is 11.2. The van der Waals surface area contributed by atoms with Crippen LogP contribution in [0, 0.1) is 0 Å². The first-order chi connectivity index (χ1) is 16.8. The van der Waals surface area contributed by atoms with Crippen LogP contribution in [0.4, 0.5) is 4.79 Å². The molecule has 0 radical (unpaired) electrons. The van der Waals surface area contributed by atoms with Crippen LogP contribution in [0.3, 0.4) is 0 Å². The van der Waals surface area contributed by atoms with Crippen molar-refractivity contribution in [2.45, 2.75) is 13.0 Å². The summed E-state index contributed by atoms with van der Waals surface area (Å²) in [6.07, 6.45) is 0. The highest BCUT2D eigenvalue weighted by Crippen LogP contribution is 2.37. The maximum Gasteiger partial charge on any atom is 0.338 e. The largest absolute Gasteiger partial charge is 0.463 e. The van der Waals surface area contributed by atoms with Gasteiger partial charge in [-0.25, -0.2) is 9.59 Å². The number of carbonyl (C=O) groups excluding carboxylic acids is 3. The van der Waals surface area contributed by atoms with Crippen LogP contribution in [-0.4, -0.2) is 79.0 Å². The minimum absolute atomic E-state index is 0.0240. The second kappa shape index (κ2) is 11.0. The smallest absolute Gasteiger partial charge is 0.338 e. The summed E-state index contributed by atoms with van der Waals surface area (Å²) in [7, 11) is 1.62. The fourth-order valence-electron chi connectivity index (χ4n) is 4.25. The fraction of sp³-hybridized carbons (Fsp3) is 0.375. The number of amides is 3. The molecule has 3 amide bonds. The minimum Gasteiger partial charge on any atom is -0.463 e. The quantitative estimate of drug-likeness (QED) is 0.563. The Hall–Kier alpha value is -2.59. The number of urea groups is 1. The molecule has 4 rings (SSSR count). The third-order valence-electron chi connectivity index (χ3n) is 6.13. The minimum atomic E-state index is -0.805. The molecule has 186 valence electrons. The maximum atomic E-state index is 13.2. The van der Waals surface area contributed by atoms with Crippen molar-refractivity contribution in [3.63, 3.8) is 0 Å². The molecular weight excluding hydrogens is 511 g/mol. The molecule has 0 aliphatic carbocycles. The fourth-order valence-corrected chi connectivity index (χ4v) is 5.36. The number of esters is 1. The first kappa shape index (κ1) is 25.5. The van der Waals surface area contributed by atoms with Gasteiger partial charge in [-0.1, -0.05) is 41.4 Å². The number of carbonyl (C=O) groups is 3. The Kier molecular flexibility index (Phi) is 8.01. The van der Waals surface area contributed by atoms with Crippen molar-refractivity contribution < 1.29 is 19.1 Å². The Balaban J connectivity index is 1.61. The Labute approximate surface area is 218 Å². The molecule has 2 aliphatic rings. The molecule has 0 bridgehead atoms. The first-order valence-corrected chi connectivity index (χ1v) is 12.9. The molecule has 1 fully saturated rings. The Morgan fingerprint density at radius 1 is 1.14 bits per heavy atom. The van der Waals surface area contributed by atoms with Crippen LogP contribution >= 0.6 is 34.5 Å². The van der Waals surface area contributed by atoms with Crippen LogP contribution in [0.1, 0.15) is 28.2 Å². The lowest BCUT2D eigenvalue weighted by Crippen LogP contribution is -2.53. The molecule has 8 nitrogen and oxygen atoms in total. The molecule has 2 aliphatic heterocycles. The zero-order valence-electron chi connectivity index (χ0n) is 19.4. The second-order valence-electron chi connectivity index (χ2n) is 8.21. The van der Waals surface area contributed by atoms with E-state index in [1.807, 2.05) is 22.4 Å².